The average Bonchev–Trinajstić information content (AvgIpc) is 2.39. The lowest BCUT2D eigenvalue weighted by Gasteiger charge is -2.28. The van der Waals surface area contributed by atoms with E-state index < -0.39 is 5.60 Å². The standard InChI is InChI=1S/C17H27NO2S/c1-6-18(12-17(4,5)20)16(19)9-10-21-15-8-7-13(2)14(3)11-15/h7-8,11,20H,6,9-10,12H2,1-5H3. The highest BCUT2D eigenvalue weighted by molar-refractivity contribution is 7.99. The van der Waals surface area contributed by atoms with Gasteiger partial charge in [-0.25, -0.2) is 0 Å². The van der Waals surface area contributed by atoms with E-state index in [1.54, 1.807) is 30.5 Å². The Bertz CT molecular complexity index is 480. The molecule has 21 heavy (non-hydrogen) atoms. The number of benzene rings is 1. The van der Waals surface area contributed by atoms with Gasteiger partial charge in [-0.15, -0.1) is 11.8 Å². The predicted octanol–water partition coefficient (Wildman–Crippen LogP) is 3.41. The van der Waals surface area contributed by atoms with Gasteiger partial charge >= 0.3 is 0 Å². The Balaban J connectivity index is 2.46. The Labute approximate surface area is 132 Å². The molecule has 0 aliphatic carbocycles. The van der Waals surface area contributed by atoms with Crippen LogP contribution >= 0.6 is 11.8 Å². The first kappa shape index (κ1) is 18.1. The monoisotopic (exact) mass is 309 g/mol. The minimum Gasteiger partial charge on any atom is -0.389 e. The molecule has 1 aromatic carbocycles. The van der Waals surface area contributed by atoms with Crippen molar-refractivity contribution in [2.24, 2.45) is 0 Å². The minimum absolute atomic E-state index is 0.107. The Hall–Kier alpha value is -1.00. The molecule has 1 amide bonds. The third-order valence-electron chi connectivity index (χ3n) is 3.38. The zero-order chi connectivity index (χ0) is 16.0. The van der Waals surface area contributed by atoms with Gasteiger partial charge in [0, 0.05) is 30.2 Å². The third kappa shape index (κ3) is 6.53. The largest absolute Gasteiger partial charge is 0.389 e. The SMILES string of the molecule is CCN(CC(C)(C)O)C(=O)CCSc1ccc(C)c(C)c1. The number of hydrogen-bond acceptors (Lipinski definition) is 3. The molecule has 0 aromatic heterocycles. The molecular formula is C17H27NO2S. The van der Waals surface area contributed by atoms with Gasteiger partial charge in [0.15, 0.2) is 0 Å². The van der Waals surface area contributed by atoms with E-state index in [1.807, 2.05) is 6.92 Å². The van der Waals surface area contributed by atoms with E-state index in [9.17, 15) is 9.90 Å². The molecule has 1 aromatic rings. The smallest absolute Gasteiger partial charge is 0.223 e. The van der Waals surface area contributed by atoms with Crippen LogP contribution in [0.2, 0.25) is 0 Å². The van der Waals surface area contributed by atoms with E-state index in [1.165, 1.54) is 16.0 Å². The Morgan fingerprint density at radius 1 is 1.29 bits per heavy atom. The van der Waals surface area contributed by atoms with E-state index in [2.05, 4.69) is 32.0 Å². The second kappa shape index (κ2) is 7.85. The highest BCUT2D eigenvalue weighted by atomic mass is 32.2. The number of hydrogen-bond donors (Lipinski definition) is 1. The first-order valence-electron chi connectivity index (χ1n) is 7.43. The van der Waals surface area contributed by atoms with Gasteiger partial charge in [0.1, 0.15) is 0 Å². The lowest BCUT2D eigenvalue weighted by Crippen LogP contribution is -2.42. The fraction of sp³-hybridized carbons (Fsp3) is 0.588. The molecule has 0 saturated heterocycles. The average molecular weight is 309 g/mol. The summed E-state index contributed by atoms with van der Waals surface area (Å²) in [5.74, 6) is 0.875. The first-order chi connectivity index (χ1) is 9.73. The molecule has 0 unspecified atom stereocenters. The fourth-order valence-electron chi connectivity index (χ4n) is 2.06. The van der Waals surface area contributed by atoms with Crippen LogP contribution in [-0.2, 0) is 4.79 Å². The summed E-state index contributed by atoms with van der Waals surface area (Å²) in [4.78, 5) is 15.1. The number of aliphatic hydroxyl groups is 1. The summed E-state index contributed by atoms with van der Waals surface area (Å²) >= 11 is 1.71. The maximum atomic E-state index is 12.2. The van der Waals surface area contributed by atoms with E-state index in [0.717, 1.165) is 5.75 Å². The van der Waals surface area contributed by atoms with Gasteiger partial charge in [-0.05, 0) is 57.9 Å². The highest BCUT2D eigenvalue weighted by Crippen LogP contribution is 2.22. The van der Waals surface area contributed by atoms with E-state index in [-0.39, 0.29) is 5.91 Å². The molecular weight excluding hydrogens is 282 g/mol. The number of aryl methyl sites for hydroxylation is 2. The number of likely N-dealkylation sites (N-methyl/N-ethyl adjacent to an activating group) is 1. The lowest BCUT2D eigenvalue weighted by molar-refractivity contribution is -0.133. The molecule has 0 atom stereocenters. The van der Waals surface area contributed by atoms with E-state index >= 15 is 0 Å². The lowest BCUT2D eigenvalue weighted by atomic mass is 10.1. The molecule has 0 aliphatic heterocycles. The molecule has 0 aliphatic rings. The number of carbonyl (C=O) groups is 1. The summed E-state index contributed by atoms with van der Waals surface area (Å²) in [5, 5.41) is 9.83. The molecule has 4 heteroatoms. The molecule has 0 fully saturated rings. The molecule has 0 radical (unpaired) electrons. The zero-order valence-electron chi connectivity index (χ0n) is 13.8. The maximum absolute atomic E-state index is 12.2. The summed E-state index contributed by atoms with van der Waals surface area (Å²) < 4.78 is 0. The second-order valence-corrected chi connectivity index (χ2v) is 7.23. The van der Waals surface area contributed by atoms with E-state index in [0.29, 0.717) is 19.5 Å². The van der Waals surface area contributed by atoms with Crippen molar-refractivity contribution in [3.63, 3.8) is 0 Å². The normalized spacial score (nSPS) is 11.5. The van der Waals surface area contributed by atoms with Crippen LogP contribution in [0.5, 0.6) is 0 Å². The topological polar surface area (TPSA) is 40.5 Å². The number of rotatable bonds is 7. The van der Waals surface area contributed by atoms with Crippen molar-refractivity contribution in [3.8, 4) is 0 Å². The quantitative estimate of drug-likeness (QED) is 0.785. The molecule has 3 nitrogen and oxygen atoms in total. The Kier molecular flexibility index (Phi) is 6.75. The second-order valence-electron chi connectivity index (χ2n) is 6.06. The van der Waals surface area contributed by atoms with Crippen molar-refractivity contribution in [3.05, 3.63) is 29.3 Å². The summed E-state index contributed by atoms with van der Waals surface area (Å²) in [6.45, 7) is 10.6. The Morgan fingerprint density at radius 3 is 2.48 bits per heavy atom. The van der Waals surface area contributed by atoms with Crippen molar-refractivity contribution in [1.29, 1.82) is 0 Å². The molecule has 118 valence electrons. The van der Waals surface area contributed by atoms with Crippen LogP contribution in [0.3, 0.4) is 0 Å². The minimum atomic E-state index is -0.840. The zero-order valence-corrected chi connectivity index (χ0v) is 14.6. The van der Waals surface area contributed by atoms with Gasteiger partial charge < -0.3 is 10.0 Å². The fourth-order valence-corrected chi connectivity index (χ4v) is 3.00. The highest BCUT2D eigenvalue weighted by Gasteiger charge is 2.20. The van der Waals surface area contributed by atoms with Gasteiger partial charge in [-0.1, -0.05) is 6.07 Å². The molecule has 0 bridgehead atoms. The summed E-state index contributed by atoms with van der Waals surface area (Å²) in [5.41, 5.74) is 1.73. The van der Waals surface area contributed by atoms with Gasteiger partial charge in [0.25, 0.3) is 0 Å². The summed E-state index contributed by atoms with van der Waals surface area (Å²) in [6, 6.07) is 6.39. The number of carbonyl (C=O) groups excluding carboxylic acids is 1. The maximum Gasteiger partial charge on any atom is 0.223 e. The molecule has 0 spiro atoms. The van der Waals surface area contributed by atoms with Crippen molar-refractivity contribution in [2.75, 3.05) is 18.8 Å². The molecule has 1 rings (SSSR count). The van der Waals surface area contributed by atoms with Crippen LogP contribution in [0.1, 0.15) is 38.3 Å². The van der Waals surface area contributed by atoms with Crippen molar-refractivity contribution >= 4 is 17.7 Å². The Morgan fingerprint density at radius 2 is 1.95 bits per heavy atom. The van der Waals surface area contributed by atoms with Gasteiger partial charge in [0.05, 0.1) is 5.60 Å². The molecule has 0 heterocycles. The molecule has 0 saturated carbocycles. The number of amides is 1. The third-order valence-corrected chi connectivity index (χ3v) is 4.37. The molecule has 1 N–H and O–H groups in total. The summed E-state index contributed by atoms with van der Waals surface area (Å²) in [7, 11) is 0. The van der Waals surface area contributed by atoms with Crippen molar-refractivity contribution in [1.82, 2.24) is 4.90 Å². The van der Waals surface area contributed by atoms with Crippen LogP contribution in [-0.4, -0.2) is 40.4 Å². The van der Waals surface area contributed by atoms with Gasteiger partial charge in [0.2, 0.25) is 5.91 Å². The van der Waals surface area contributed by atoms with Crippen LogP contribution in [0, 0.1) is 13.8 Å². The van der Waals surface area contributed by atoms with Crippen LogP contribution in [0.15, 0.2) is 23.1 Å². The summed E-state index contributed by atoms with van der Waals surface area (Å²) in [6.07, 6.45) is 0.501. The van der Waals surface area contributed by atoms with Crippen LogP contribution < -0.4 is 0 Å². The van der Waals surface area contributed by atoms with Crippen molar-refractivity contribution < 1.29 is 9.90 Å². The number of thioether (sulfide) groups is 1. The van der Waals surface area contributed by atoms with Crippen LogP contribution in [0.25, 0.3) is 0 Å². The van der Waals surface area contributed by atoms with E-state index in [4.69, 9.17) is 0 Å². The first-order valence-corrected chi connectivity index (χ1v) is 8.41. The predicted molar refractivity (Wildman–Crippen MR) is 89.8 cm³/mol. The van der Waals surface area contributed by atoms with Gasteiger partial charge in [-0.2, -0.15) is 0 Å². The number of nitrogens with zero attached hydrogens (tertiary/aromatic N) is 1. The van der Waals surface area contributed by atoms with Crippen LogP contribution in [0.4, 0.5) is 0 Å². The van der Waals surface area contributed by atoms with Gasteiger partial charge in [-0.3, -0.25) is 4.79 Å². The van der Waals surface area contributed by atoms with Crippen molar-refractivity contribution in [2.45, 2.75) is 51.5 Å².